The quantitative estimate of drug-likeness (QED) is 0.0782. The summed E-state index contributed by atoms with van der Waals surface area (Å²) in [5.74, 6) is -4.10. The third-order valence-corrected chi connectivity index (χ3v) is 7.30. The van der Waals surface area contributed by atoms with E-state index in [-0.39, 0.29) is 5.91 Å². The van der Waals surface area contributed by atoms with Crippen LogP contribution >= 0.6 is 0 Å². The number of likely N-dealkylation sites (tertiary alicyclic amines) is 1. The average molecular weight is 611 g/mol. The van der Waals surface area contributed by atoms with Crippen molar-refractivity contribution in [3.63, 3.8) is 0 Å². The molecule has 1 heterocycles. The number of nitrogens with two attached hydrogens (primary N) is 1. The number of aliphatic hydroxyl groups is 1. The number of rotatable bonds is 20. The molecule has 6 amide bonds. The lowest BCUT2D eigenvalue weighted by atomic mass is 10.1. The highest BCUT2D eigenvalue weighted by Gasteiger charge is 2.37. The van der Waals surface area contributed by atoms with Crippen molar-refractivity contribution in [1.29, 1.82) is 0 Å². The van der Waals surface area contributed by atoms with Crippen molar-refractivity contribution in [1.82, 2.24) is 26.2 Å². The number of nitrogens with zero attached hydrogens (tertiary/aromatic N) is 1. The fourth-order valence-corrected chi connectivity index (χ4v) is 4.80. The first-order valence-electron chi connectivity index (χ1n) is 15.2. The molecule has 1 aliphatic rings. The molecule has 1 fully saturated rings. The van der Waals surface area contributed by atoms with Gasteiger partial charge in [-0.3, -0.25) is 28.8 Å². The number of carbonyl (C=O) groups excluding carboxylic acids is 7. The standard InChI is InChI=1S/C29H50N6O8/c1-5-6-7-8-9-10-11-14-24(39)35-15-12-13-22(35)28(42)34-25(20(4)37)29(43)32-19(3)26(40)33-21(16-23(30)38)27(41)31-18(2)17-36/h17-22,25,37H,5-16H2,1-4H3,(H2,30,38)(H,31,41)(H,32,43)(H,33,40)(H,34,42)/t18-,19-,20-,21-,22+,25-/m0/s1. The van der Waals surface area contributed by atoms with Gasteiger partial charge in [0.1, 0.15) is 30.5 Å². The smallest absolute Gasteiger partial charge is 0.245 e. The highest BCUT2D eigenvalue weighted by molar-refractivity contribution is 5.97. The molecule has 0 spiro atoms. The van der Waals surface area contributed by atoms with Crippen LogP contribution in [0.4, 0.5) is 0 Å². The molecule has 244 valence electrons. The Balaban J connectivity index is 2.74. The van der Waals surface area contributed by atoms with Crippen molar-refractivity contribution in [2.45, 2.75) is 135 Å². The Morgan fingerprint density at radius 1 is 0.884 bits per heavy atom. The second-order valence-electron chi connectivity index (χ2n) is 11.2. The SMILES string of the molecule is CCCCCCCCCC(=O)N1CCC[C@@H]1C(=O)N[C@H](C(=O)N[C@@H](C)C(=O)N[C@@H](CC(N)=O)C(=O)N[C@@H](C)C=O)[C@H](C)O. The lowest BCUT2D eigenvalue weighted by Crippen LogP contribution is -2.60. The average Bonchev–Trinajstić information content (AvgIpc) is 3.44. The van der Waals surface area contributed by atoms with E-state index in [9.17, 15) is 38.7 Å². The van der Waals surface area contributed by atoms with Crippen molar-refractivity contribution in [2.24, 2.45) is 5.73 Å². The zero-order valence-electron chi connectivity index (χ0n) is 25.9. The third-order valence-electron chi connectivity index (χ3n) is 7.30. The van der Waals surface area contributed by atoms with Gasteiger partial charge in [-0.1, -0.05) is 45.4 Å². The predicted octanol–water partition coefficient (Wildman–Crippen LogP) is -0.448. The third kappa shape index (κ3) is 13.5. The van der Waals surface area contributed by atoms with Gasteiger partial charge >= 0.3 is 0 Å². The fraction of sp³-hybridized carbons (Fsp3) is 0.759. The van der Waals surface area contributed by atoms with Gasteiger partial charge in [0.15, 0.2) is 0 Å². The minimum absolute atomic E-state index is 0.119. The van der Waals surface area contributed by atoms with E-state index in [2.05, 4.69) is 28.2 Å². The predicted molar refractivity (Wildman–Crippen MR) is 158 cm³/mol. The molecule has 1 rings (SSSR count). The van der Waals surface area contributed by atoms with Crippen LogP contribution in [-0.4, -0.2) is 94.6 Å². The Kier molecular flexibility index (Phi) is 17.1. The lowest BCUT2D eigenvalue weighted by molar-refractivity contribution is -0.140. The van der Waals surface area contributed by atoms with Crippen LogP contribution in [0.3, 0.4) is 0 Å². The van der Waals surface area contributed by atoms with Crippen LogP contribution < -0.4 is 27.0 Å². The van der Waals surface area contributed by atoms with E-state index in [1.165, 1.54) is 44.9 Å². The molecule has 0 saturated carbocycles. The summed E-state index contributed by atoms with van der Waals surface area (Å²) in [5.41, 5.74) is 5.18. The summed E-state index contributed by atoms with van der Waals surface area (Å²) >= 11 is 0. The summed E-state index contributed by atoms with van der Waals surface area (Å²) in [6.45, 7) is 6.60. The Morgan fingerprint density at radius 2 is 1.51 bits per heavy atom. The van der Waals surface area contributed by atoms with Crippen molar-refractivity contribution < 1.29 is 38.7 Å². The van der Waals surface area contributed by atoms with Gasteiger partial charge in [0.2, 0.25) is 35.4 Å². The van der Waals surface area contributed by atoms with E-state index in [4.69, 9.17) is 5.73 Å². The molecular weight excluding hydrogens is 560 g/mol. The van der Waals surface area contributed by atoms with Crippen molar-refractivity contribution in [3.8, 4) is 0 Å². The van der Waals surface area contributed by atoms with Crippen LogP contribution in [-0.2, 0) is 33.6 Å². The Bertz CT molecular complexity index is 975. The second-order valence-corrected chi connectivity index (χ2v) is 11.2. The first-order valence-corrected chi connectivity index (χ1v) is 15.2. The normalized spacial score (nSPS) is 18.0. The van der Waals surface area contributed by atoms with E-state index >= 15 is 0 Å². The molecule has 0 aromatic carbocycles. The molecule has 0 radical (unpaired) electrons. The number of unbranched alkanes of at least 4 members (excludes halogenated alkanes) is 6. The molecule has 1 aliphatic heterocycles. The van der Waals surface area contributed by atoms with E-state index in [0.29, 0.717) is 32.1 Å². The van der Waals surface area contributed by atoms with E-state index in [1.54, 1.807) is 0 Å². The maximum Gasteiger partial charge on any atom is 0.245 e. The number of nitrogens with one attached hydrogen (secondary N) is 4. The largest absolute Gasteiger partial charge is 0.391 e. The maximum absolute atomic E-state index is 13.1. The van der Waals surface area contributed by atoms with Gasteiger partial charge in [-0.15, -0.1) is 0 Å². The zero-order chi connectivity index (χ0) is 32.5. The van der Waals surface area contributed by atoms with Gasteiger partial charge in [-0.25, -0.2) is 0 Å². The highest BCUT2D eigenvalue weighted by Crippen LogP contribution is 2.20. The fourth-order valence-electron chi connectivity index (χ4n) is 4.80. The molecule has 14 nitrogen and oxygen atoms in total. The van der Waals surface area contributed by atoms with Gasteiger partial charge in [0, 0.05) is 13.0 Å². The summed E-state index contributed by atoms with van der Waals surface area (Å²) in [7, 11) is 0. The molecular formula is C29H50N6O8. The second kappa shape index (κ2) is 19.6. The molecule has 7 N–H and O–H groups in total. The van der Waals surface area contributed by atoms with Crippen LogP contribution in [0, 0.1) is 0 Å². The minimum atomic E-state index is -1.43. The molecule has 0 bridgehead atoms. The number of amides is 6. The number of aldehydes is 1. The number of aliphatic hydroxyl groups excluding tert-OH is 1. The van der Waals surface area contributed by atoms with Crippen molar-refractivity contribution in [2.75, 3.05) is 6.54 Å². The zero-order valence-corrected chi connectivity index (χ0v) is 25.9. The Morgan fingerprint density at radius 3 is 2.09 bits per heavy atom. The van der Waals surface area contributed by atoms with Gasteiger partial charge in [-0.05, 0) is 40.0 Å². The van der Waals surface area contributed by atoms with E-state index in [0.717, 1.165) is 25.7 Å². The topological polar surface area (TPSA) is 217 Å². The summed E-state index contributed by atoms with van der Waals surface area (Å²) in [4.78, 5) is 87.8. The van der Waals surface area contributed by atoms with Crippen molar-refractivity contribution in [3.05, 3.63) is 0 Å². The summed E-state index contributed by atoms with van der Waals surface area (Å²) in [5, 5.41) is 19.8. The van der Waals surface area contributed by atoms with Gasteiger partial charge in [0.25, 0.3) is 0 Å². The molecule has 0 aliphatic carbocycles. The number of carbonyl (C=O) groups is 7. The minimum Gasteiger partial charge on any atom is -0.391 e. The molecule has 0 unspecified atom stereocenters. The number of hydrogen-bond donors (Lipinski definition) is 6. The van der Waals surface area contributed by atoms with E-state index in [1.807, 2.05) is 0 Å². The first kappa shape index (κ1) is 37.5. The van der Waals surface area contributed by atoms with E-state index < -0.39 is 72.3 Å². The van der Waals surface area contributed by atoms with Crippen LogP contribution in [0.2, 0.25) is 0 Å². The summed E-state index contributed by atoms with van der Waals surface area (Å²) in [6, 6.07) is -5.72. The molecule has 0 aromatic rings. The monoisotopic (exact) mass is 610 g/mol. The molecule has 14 heteroatoms. The molecule has 43 heavy (non-hydrogen) atoms. The maximum atomic E-state index is 13.1. The summed E-state index contributed by atoms with van der Waals surface area (Å²) in [6.07, 6.45) is 7.44. The number of hydrogen-bond acceptors (Lipinski definition) is 8. The highest BCUT2D eigenvalue weighted by atomic mass is 16.3. The van der Waals surface area contributed by atoms with Gasteiger partial charge in [-0.2, -0.15) is 0 Å². The molecule has 0 aromatic heterocycles. The van der Waals surface area contributed by atoms with Crippen molar-refractivity contribution >= 4 is 41.7 Å². The van der Waals surface area contributed by atoms with Gasteiger partial charge < -0.3 is 41.8 Å². The van der Waals surface area contributed by atoms with Crippen LogP contribution in [0.5, 0.6) is 0 Å². The number of primary amides is 1. The lowest BCUT2D eigenvalue weighted by Gasteiger charge is -2.28. The van der Waals surface area contributed by atoms with Crippen LogP contribution in [0.1, 0.15) is 98.3 Å². The molecule has 1 saturated heterocycles. The molecule has 6 atom stereocenters. The van der Waals surface area contributed by atoms with Crippen LogP contribution in [0.25, 0.3) is 0 Å². The Labute approximate surface area is 253 Å². The Hall–Kier alpha value is -3.55. The van der Waals surface area contributed by atoms with Crippen LogP contribution in [0.15, 0.2) is 0 Å². The first-order chi connectivity index (χ1) is 20.3. The summed E-state index contributed by atoms with van der Waals surface area (Å²) < 4.78 is 0. The van der Waals surface area contributed by atoms with Gasteiger partial charge in [0.05, 0.1) is 18.6 Å².